The Labute approximate surface area is 197 Å². The molecule has 1 fully saturated rings. The van der Waals surface area contributed by atoms with E-state index >= 15 is 0 Å². The van der Waals surface area contributed by atoms with Crippen molar-refractivity contribution in [1.29, 1.82) is 0 Å². The van der Waals surface area contributed by atoms with Crippen LogP contribution in [0.4, 0.5) is 5.13 Å². The molecule has 1 atom stereocenters. The van der Waals surface area contributed by atoms with Crippen LogP contribution in [0.3, 0.4) is 0 Å². The summed E-state index contributed by atoms with van der Waals surface area (Å²) >= 11 is 1.54. The Bertz CT molecular complexity index is 1190. The molecule has 0 aliphatic carbocycles. The second-order valence-electron chi connectivity index (χ2n) is 8.13. The normalized spacial score (nSPS) is 15.6. The molecule has 5 rings (SSSR count). The molecule has 1 aliphatic heterocycles. The number of hydrogen-bond donors (Lipinski definition) is 0. The number of benzene rings is 3. The van der Waals surface area contributed by atoms with Crippen LogP contribution < -0.4 is 9.64 Å². The standard InChI is InChI=1S/C27H26N2O3S/c30-26(21-10-6-11-22(18-21)32-19-23-12-7-17-31-23)29(16-15-20-8-2-1-3-9-20)27-28-24-13-4-5-14-25(24)33-27/h1-6,8-11,13-14,18,23H,7,12,15-17,19H2. The van der Waals surface area contributed by atoms with Crippen LogP contribution in [-0.4, -0.2) is 36.8 Å². The lowest BCUT2D eigenvalue weighted by Crippen LogP contribution is -2.33. The third kappa shape index (κ3) is 5.24. The van der Waals surface area contributed by atoms with Gasteiger partial charge in [0.15, 0.2) is 5.13 Å². The molecule has 0 N–H and O–H groups in total. The Morgan fingerprint density at radius 3 is 2.73 bits per heavy atom. The summed E-state index contributed by atoms with van der Waals surface area (Å²) in [6, 6.07) is 25.6. The zero-order valence-electron chi connectivity index (χ0n) is 18.4. The summed E-state index contributed by atoms with van der Waals surface area (Å²) in [5, 5.41) is 0.711. The van der Waals surface area contributed by atoms with Gasteiger partial charge in [-0.05, 0) is 55.2 Å². The van der Waals surface area contributed by atoms with Gasteiger partial charge in [0.2, 0.25) is 0 Å². The molecule has 6 heteroatoms. The minimum Gasteiger partial charge on any atom is -0.491 e. The molecule has 0 radical (unpaired) electrons. The van der Waals surface area contributed by atoms with Crippen LogP contribution in [0.25, 0.3) is 10.2 Å². The minimum absolute atomic E-state index is 0.0763. The summed E-state index contributed by atoms with van der Waals surface area (Å²) < 4.78 is 12.6. The number of aromatic nitrogens is 1. The topological polar surface area (TPSA) is 51.7 Å². The highest BCUT2D eigenvalue weighted by atomic mass is 32.1. The Kier molecular flexibility index (Phi) is 6.65. The number of anilines is 1. The summed E-state index contributed by atoms with van der Waals surface area (Å²) in [5.41, 5.74) is 2.68. The quantitative estimate of drug-likeness (QED) is 0.338. The third-order valence-corrected chi connectivity index (χ3v) is 6.83. The molecule has 1 saturated heterocycles. The summed E-state index contributed by atoms with van der Waals surface area (Å²) in [6.45, 7) is 1.85. The van der Waals surface area contributed by atoms with Gasteiger partial charge in [0, 0.05) is 18.7 Å². The lowest BCUT2D eigenvalue weighted by atomic mass is 10.1. The minimum atomic E-state index is -0.0763. The van der Waals surface area contributed by atoms with Gasteiger partial charge < -0.3 is 9.47 Å². The summed E-state index contributed by atoms with van der Waals surface area (Å²) in [5.74, 6) is 0.608. The zero-order valence-corrected chi connectivity index (χ0v) is 19.2. The molecule has 1 aliphatic rings. The molecule has 2 heterocycles. The van der Waals surface area contributed by atoms with Crippen molar-refractivity contribution in [2.24, 2.45) is 0 Å². The number of fused-ring (bicyclic) bond motifs is 1. The van der Waals surface area contributed by atoms with Gasteiger partial charge >= 0.3 is 0 Å². The maximum absolute atomic E-state index is 13.7. The summed E-state index contributed by atoms with van der Waals surface area (Å²) in [4.78, 5) is 20.2. The van der Waals surface area contributed by atoms with Crippen LogP contribution >= 0.6 is 11.3 Å². The predicted molar refractivity (Wildman–Crippen MR) is 132 cm³/mol. The smallest absolute Gasteiger partial charge is 0.260 e. The molecule has 0 saturated carbocycles. The maximum Gasteiger partial charge on any atom is 0.260 e. The monoisotopic (exact) mass is 458 g/mol. The number of amides is 1. The van der Waals surface area contributed by atoms with Crippen molar-refractivity contribution in [2.45, 2.75) is 25.4 Å². The molecule has 5 nitrogen and oxygen atoms in total. The fourth-order valence-electron chi connectivity index (χ4n) is 3.98. The Morgan fingerprint density at radius 2 is 1.91 bits per heavy atom. The van der Waals surface area contributed by atoms with Crippen molar-refractivity contribution >= 4 is 32.6 Å². The van der Waals surface area contributed by atoms with Crippen LogP contribution in [0.15, 0.2) is 78.9 Å². The molecule has 0 bridgehead atoms. The first-order valence-corrected chi connectivity index (χ1v) is 12.1. The molecule has 0 spiro atoms. The van der Waals surface area contributed by atoms with Crippen LogP contribution in [0, 0.1) is 0 Å². The first-order chi connectivity index (χ1) is 16.3. The summed E-state index contributed by atoms with van der Waals surface area (Å²) in [6.07, 6.45) is 2.97. The molecule has 1 amide bonds. The molecule has 4 aromatic rings. The zero-order chi connectivity index (χ0) is 22.5. The van der Waals surface area contributed by atoms with E-state index in [-0.39, 0.29) is 12.0 Å². The molecule has 168 valence electrons. The molecule has 1 unspecified atom stereocenters. The van der Waals surface area contributed by atoms with E-state index in [4.69, 9.17) is 14.5 Å². The van der Waals surface area contributed by atoms with E-state index in [1.54, 1.807) is 16.2 Å². The Morgan fingerprint density at radius 1 is 1.06 bits per heavy atom. The Balaban J connectivity index is 1.39. The highest BCUT2D eigenvalue weighted by Gasteiger charge is 2.22. The van der Waals surface area contributed by atoms with E-state index < -0.39 is 0 Å². The van der Waals surface area contributed by atoms with Crippen molar-refractivity contribution in [3.63, 3.8) is 0 Å². The first kappa shape index (κ1) is 21.6. The molecular weight excluding hydrogens is 432 g/mol. The van der Waals surface area contributed by atoms with Gasteiger partial charge in [0.05, 0.1) is 16.3 Å². The first-order valence-electron chi connectivity index (χ1n) is 11.3. The number of nitrogens with zero attached hydrogens (tertiary/aromatic N) is 2. The van der Waals surface area contributed by atoms with Crippen LogP contribution in [-0.2, 0) is 11.2 Å². The van der Waals surface area contributed by atoms with Crippen LogP contribution in [0.2, 0.25) is 0 Å². The van der Waals surface area contributed by atoms with Gasteiger partial charge in [-0.3, -0.25) is 9.69 Å². The average Bonchev–Trinajstić information content (AvgIpc) is 3.53. The number of para-hydroxylation sites is 1. The van der Waals surface area contributed by atoms with Gasteiger partial charge in [-0.2, -0.15) is 0 Å². The van der Waals surface area contributed by atoms with Crippen LogP contribution in [0.5, 0.6) is 5.75 Å². The SMILES string of the molecule is O=C(c1cccc(OCC2CCCO2)c1)N(CCc1ccccc1)c1nc2ccccc2s1. The lowest BCUT2D eigenvalue weighted by molar-refractivity contribution is 0.0679. The van der Waals surface area contributed by atoms with Crippen molar-refractivity contribution in [3.8, 4) is 5.75 Å². The van der Waals surface area contributed by atoms with E-state index in [1.165, 1.54) is 5.56 Å². The van der Waals surface area contributed by atoms with E-state index in [0.717, 1.165) is 36.1 Å². The summed E-state index contributed by atoms with van der Waals surface area (Å²) in [7, 11) is 0. The van der Waals surface area contributed by atoms with Gasteiger partial charge in [0.1, 0.15) is 12.4 Å². The number of thiazole rings is 1. The van der Waals surface area contributed by atoms with E-state index in [1.807, 2.05) is 66.7 Å². The number of ether oxygens (including phenoxy) is 2. The highest BCUT2D eigenvalue weighted by Crippen LogP contribution is 2.30. The van der Waals surface area contributed by atoms with E-state index in [2.05, 4.69) is 12.1 Å². The second-order valence-corrected chi connectivity index (χ2v) is 9.14. The number of carbonyl (C=O) groups excluding carboxylic acids is 1. The van der Waals surface area contributed by atoms with Crippen molar-refractivity contribution in [1.82, 2.24) is 4.98 Å². The van der Waals surface area contributed by atoms with E-state index in [0.29, 0.717) is 29.6 Å². The third-order valence-electron chi connectivity index (χ3n) is 5.77. The highest BCUT2D eigenvalue weighted by molar-refractivity contribution is 7.22. The average molecular weight is 459 g/mol. The number of rotatable bonds is 8. The van der Waals surface area contributed by atoms with Gasteiger partial charge in [-0.1, -0.05) is 59.9 Å². The lowest BCUT2D eigenvalue weighted by Gasteiger charge is -2.20. The van der Waals surface area contributed by atoms with Gasteiger partial charge in [-0.15, -0.1) is 0 Å². The Hall–Kier alpha value is -3.22. The van der Waals surface area contributed by atoms with Gasteiger partial charge in [0.25, 0.3) is 5.91 Å². The van der Waals surface area contributed by atoms with Crippen molar-refractivity contribution < 1.29 is 14.3 Å². The molecular formula is C27H26N2O3S. The van der Waals surface area contributed by atoms with Crippen LogP contribution in [0.1, 0.15) is 28.8 Å². The molecule has 33 heavy (non-hydrogen) atoms. The predicted octanol–water partition coefficient (Wildman–Crippen LogP) is 5.74. The number of hydrogen-bond acceptors (Lipinski definition) is 5. The molecule has 1 aromatic heterocycles. The fourth-order valence-corrected chi connectivity index (χ4v) is 4.97. The van der Waals surface area contributed by atoms with E-state index in [9.17, 15) is 4.79 Å². The largest absolute Gasteiger partial charge is 0.491 e. The second kappa shape index (κ2) is 10.1. The van der Waals surface area contributed by atoms with Crippen molar-refractivity contribution in [3.05, 3.63) is 90.0 Å². The fraction of sp³-hybridized carbons (Fsp3) is 0.259. The number of carbonyl (C=O) groups is 1. The maximum atomic E-state index is 13.7. The van der Waals surface area contributed by atoms with Crippen molar-refractivity contribution in [2.75, 3.05) is 24.7 Å². The van der Waals surface area contributed by atoms with Gasteiger partial charge in [-0.25, -0.2) is 4.98 Å². The molecule has 3 aromatic carbocycles.